The monoisotopic (exact) mass is 372 g/mol. The van der Waals surface area contributed by atoms with E-state index in [2.05, 4.69) is 0 Å². The Kier molecular flexibility index (Phi) is 5.45. The van der Waals surface area contributed by atoms with E-state index in [1.54, 1.807) is 20.8 Å². The SMILES string of the molecule is CC(C)(C)OC(=O)[C@H]1CCCN(S(=O)(=O)c2ccccc2[N+](=O)[O-])O1. The number of rotatable bonds is 4. The second-order valence-corrected chi connectivity index (χ2v) is 8.32. The maximum absolute atomic E-state index is 12.7. The number of sulfonamides is 1. The van der Waals surface area contributed by atoms with Crippen LogP contribution in [-0.4, -0.2) is 42.0 Å². The highest BCUT2D eigenvalue weighted by Crippen LogP contribution is 2.29. The van der Waals surface area contributed by atoms with Gasteiger partial charge in [0.15, 0.2) is 11.0 Å². The molecule has 1 aliphatic rings. The molecule has 0 radical (unpaired) electrons. The van der Waals surface area contributed by atoms with E-state index < -0.39 is 43.2 Å². The van der Waals surface area contributed by atoms with Gasteiger partial charge in [-0.05, 0) is 39.7 Å². The van der Waals surface area contributed by atoms with Crippen molar-refractivity contribution in [2.75, 3.05) is 6.54 Å². The fourth-order valence-corrected chi connectivity index (χ4v) is 3.76. The molecule has 1 saturated heterocycles. The molecule has 0 aromatic heterocycles. The average Bonchev–Trinajstić information content (AvgIpc) is 2.53. The number of hydrogen-bond acceptors (Lipinski definition) is 7. The highest BCUT2D eigenvalue weighted by molar-refractivity contribution is 7.89. The van der Waals surface area contributed by atoms with Gasteiger partial charge >= 0.3 is 5.97 Å². The van der Waals surface area contributed by atoms with Crippen LogP contribution in [0.4, 0.5) is 5.69 Å². The molecule has 1 aromatic rings. The third kappa shape index (κ3) is 4.53. The Bertz CT molecular complexity index is 770. The number of nitro groups is 1. The Balaban J connectivity index is 2.26. The summed E-state index contributed by atoms with van der Waals surface area (Å²) >= 11 is 0. The molecule has 0 N–H and O–H groups in total. The van der Waals surface area contributed by atoms with E-state index in [1.165, 1.54) is 12.1 Å². The Hall–Kier alpha value is -2.04. The van der Waals surface area contributed by atoms with Crippen molar-refractivity contribution < 1.29 is 27.7 Å². The van der Waals surface area contributed by atoms with Crippen LogP contribution in [0.2, 0.25) is 0 Å². The van der Waals surface area contributed by atoms with E-state index in [4.69, 9.17) is 9.57 Å². The maximum Gasteiger partial charge on any atom is 0.337 e. The molecule has 1 aliphatic heterocycles. The van der Waals surface area contributed by atoms with Crippen molar-refractivity contribution in [1.82, 2.24) is 4.47 Å². The molecule has 0 spiro atoms. The summed E-state index contributed by atoms with van der Waals surface area (Å²) in [6, 6.07) is 4.99. The maximum atomic E-state index is 12.7. The summed E-state index contributed by atoms with van der Waals surface area (Å²) in [4.78, 5) is 27.2. The van der Waals surface area contributed by atoms with Crippen molar-refractivity contribution >= 4 is 21.7 Å². The minimum absolute atomic E-state index is 0.00627. The number of esters is 1. The number of hydrogen-bond donors (Lipinski definition) is 0. The molecule has 25 heavy (non-hydrogen) atoms. The molecule has 0 saturated carbocycles. The first-order valence-corrected chi connectivity index (χ1v) is 9.12. The van der Waals surface area contributed by atoms with E-state index >= 15 is 0 Å². The number of hydroxylamine groups is 1. The molecule has 1 atom stereocenters. The lowest BCUT2D eigenvalue weighted by Crippen LogP contribution is -2.45. The summed E-state index contributed by atoms with van der Waals surface area (Å²) in [5.41, 5.74) is -1.29. The van der Waals surface area contributed by atoms with Crippen molar-refractivity contribution in [3.8, 4) is 0 Å². The molecule has 1 heterocycles. The second-order valence-electron chi connectivity index (χ2n) is 6.53. The van der Waals surface area contributed by atoms with Gasteiger partial charge in [0.2, 0.25) is 0 Å². The molecule has 0 amide bonds. The van der Waals surface area contributed by atoms with E-state index in [0.717, 1.165) is 12.1 Å². The van der Waals surface area contributed by atoms with Crippen molar-refractivity contribution in [3.05, 3.63) is 34.4 Å². The van der Waals surface area contributed by atoms with Gasteiger partial charge in [-0.1, -0.05) is 16.6 Å². The van der Waals surface area contributed by atoms with Crippen LogP contribution in [0.15, 0.2) is 29.2 Å². The Morgan fingerprint density at radius 2 is 2.00 bits per heavy atom. The molecule has 9 nitrogen and oxygen atoms in total. The number of nitrogens with zero attached hydrogens (tertiary/aromatic N) is 2. The highest BCUT2D eigenvalue weighted by atomic mass is 32.2. The zero-order valence-electron chi connectivity index (χ0n) is 14.2. The van der Waals surface area contributed by atoms with Crippen LogP contribution in [0.5, 0.6) is 0 Å². The van der Waals surface area contributed by atoms with E-state index in [9.17, 15) is 23.3 Å². The molecule has 0 aliphatic carbocycles. The molecule has 0 bridgehead atoms. The van der Waals surface area contributed by atoms with Crippen molar-refractivity contribution in [3.63, 3.8) is 0 Å². The van der Waals surface area contributed by atoms with Crippen LogP contribution in [0.25, 0.3) is 0 Å². The quantitative estimate of drug-likeness (QED) is 0.451. The van der Waals surface area contributed by atoms with Crippen molar-refractivity contribution in [2.24, 2.45) is 0 Å². The van der Waals surface area contributed by atoms with Gasteiger partial charge in [0.1, 0.15) is 5.60 Å². The number of carbonyl (C=O) groups is 1. The van der Waals surface area contributed by atoms with Crippen LogP contribution < -0.4 is 0 Å². The minimum Gasteiger partial charge on any atom is -0.458 e. The third-order valence-corrected chi connectivity index (χ3v) is 5.04. The van der Waals surface area contributed by atoms with Gasteiger partial charge in [0, 0.05) is 12.6 Å². The first kappa shape index (κ1) is 19.3. The van der Waals surface area contributed by atoms with E-state index in [-0.39, 0.29) is 6.54 Å². The minimum atomic E-state index is -4.29. The third-order valence-electron chi connectivity index (χ3n) is 3.33. The lowest BCUT2D eigenvalue weighted by molar-refractivity contribution is -0.388. The lowest BCUT2D eigenvalue weighted by atomic mass is 10.1. The molecule has 2 rings (SSSR count). The first-order chi connectivity index (χ1) is 11.5. The average molecular weight is 372 g/mol. The van der Waals surface area contributed by atoms with E-state index in [0.29, 0.717) is 17.3 Å². The smallest absolute Gasteiger partial charge is 0.337 e. The van der Waals surface area contributed by atoms with Crippen molar-refractivity contribution in [1.29, 1.82) is 0 Å². The fraction of sp³-hybridized carbons (Fsp3) is 0.533. The summed E-state index contributed by atoms with van der Waals surface area (Å²) in [7, 11) is -4.29. The van der Waals surface area contributed by atoms with Gasteiger partial charge in [-0.2, -0.15) is 0 Å². The van der Waals surface area contributed by atoms with Gasteiger partial charge in [-0.25, -0.2) is 13.2 Å². The molecule has 1 aromatic carbocycles. The number of carbonyl (C=O) groups excluding carboxylic acids is 1. The fourth-order valence-electron chi connectivity index (χ4n) is 2.29. The molecule has 0 unspecified atom stereocenters. The van der Waals surface area contributed by atoms with Gasteiger partial charge in [0.05, 0.1) is 4.92 Å². The molecule has 1 fully saturated rings. The molecular weight excluding hydrogens is 352 g/mol. The van der Waals surface area contributed by atoms with Gasteiger partial charge in [0.25, 0.3) is 15.7 Å². The summed E-state index contributed by atoms with van der Waals surface area (Å²) in [6.45, 7) is 5.06. The predicted molar refractivity (Wildman–Crippen MR) is 86.9 cm³/mol. The van der Waals surface area contributed by atoms with Gasteiger partial charge in [-0.15, -0.1) is 0 Å². The van der Waals surface area contributed by atoms with Crippen LogP contribution in [0.1, 0.15) is 33.6 Å². The van der Waals surface area contributed by atoms with Crippen LogP contribution in [0, 0.1) is 10.1 Å². The second kappa shape index (κ2) is 7.06. The highest BCUT2D eigenvalue weighted by Gasteiger charge is 2.39. The van der Waals surface area contributed by atoms with Crippen molar-refractivity contribution in [2.45, 2.75) is 50.2 Å². The largest absolute Gasteiger partial charge is 0.458 e. The Morgan fingerprint density at radius 3 is 2.60 bits per heavy atom. The Morgan fingerprint density at radius 1 is 1.36 bits per heavy atom. The zero-order valence-corrected chi connectivity index (χ0v) is 15.0. The van der Waals surface area contributed by atoms with E-state index in [1.807, 2.05) is 0 Å². The molecule has 138 valence electrons. The molecular formula is C15H20N2O7S. The van der Waals surface area contributed by atoms with Crippen LogP contribution in [0.3, 0.4) is 0 Å². The Labute approximate surface area is 145 Å². The van der Waals surface area contributed by atoms with Gasteiger partial charge in [-0.3, -0.25) is 15.0 Å². The first-order valence-electron chi connectivity index (χ1n) is 7.68. The zero-order chi connectivity index (χ0) is 18.8. The number of nitro benzene ring substituents is 1. The number of benzene rings is 1. The van der Waals surface area contributed by atoms with Crippen LogP contribution in [-0.2, 0) is 24.4 Å². The molecule has 10 heteroatoms. The van der Waals surface area contributed by atoms with Crippen LogP contribution >= 0.6 is 0 Å². The summed E-state index contributed by atoms with van der Waals surface area (Å²) in [5, 5.41) is 11.1. The number of para-hydroxylation sites is 1. The summed E-state index contributed by atoms with van der Waals surface area (Å²) < 4.78 is 31.3. The standard InChI is InChI=1S/C15H20N2O7S/c1-15(2,3)23-14(18)12-8-6-10-16(24-12)25(21,22)13-9-5-4-7-11(13)17(19)20/h4-5,7,9,12H,6,8,10H2,1-3H3/t12-/m1/s1. The number of ether oxygens (including phenoxy) is 1. The van der Waals surface area contributed by atoms with Gasteiger partial charge < -0.3 is 4.74 Å². The normalized spacial score (nSPS) is 19.4. The lowest BCUT2D eigenvalue weighted by Gasteiger charge is -2.31. The summed E-state index contributed by atoms with van der Waals surface area (Å²) in [6.07, 6.45) is -0.410. The topological polar surface area (TPSA) is 116 Å². The predicted octanol–water partition coefficient (Wildman–Crippen LogP) is 2.02. The summed E-state index contributed by atoms with van der Waals surface area (Å²) in [5.74, 6) is -0.671.